The van der Waals surface area contributed by atoms with E-state index >= 15 is 0 Å². The highest BCUT2D eigenvalue weighted by molar-refractivity contribution is 7.14. The predicted octanol–water partition coefficient (Wildman–Crippen LogP) is 3.95. The molecule has 1 fully saturated rings. The van der Waals surface area contributed by atoms with Gasteiger partial charge in [-0.3, -0.25) is 14.6 Å². The number of carbonyl (C=O) groups excluding carboxylic acids is 1. The molecule has 0 bridgehead atoms. The van der Waals surface area contributed by atoms with Gasteiger partial charge in [-0.1, -0.05) is 29.8 Å². The molecule has 7 nitrogen and oxygen atoms in total. The lowest BCUT2D eigenvalue weighted by Gasteiger charge is -2.34. The Morgan fingerprint density at radius 3 is 2.59 bits per heavy atom. The number of nitrogens with zero attached hydrogens (tertiary/aromatic N) is 3. The molecule has 5 rings (SSSR count). The van der Waals surface area contributed by atoms with Crippen molar-refractivity contribution in [2.45, 2.75) is 6.54 Å². The molecule has 0 aliphatic carbocycles. The van der Waals surface area contributed by atoms with Crippen molar-refractivity contribution in [2.75, 3.05) is 44.8 Å². The van der Waals surface area contributed by atoms with E-state index in [0.29, 0.717) is 23.5 Å². The van der Waals surface area contributed by atoms with Gasteiger partial charge in [-0.25, -0.2) is 4.98 Å². The summed E-state index contributed by atoms with van der Waals surface area (Å²) in [5.41, 5.74) is 3.02. The van der Waals surface area contributed by atoms with Crippen LogP contribution in [-0.4, -0.2) is 60.2 Å². The van der Waals surface area contributed by atoms with Gasteiger partial charge in [0.1, 0.15) is 0 Å². The molecule has 0 saturated carbocycles. The normalized spacial score (nSPS) is 16.3. The Bertz CT molecular complexity index is 1100. The van der Waals surface area contributed by atoms with E-state index in [-0.39, 0.29) is 5.91 Å². The molecule has 0 unspecified atom stereocenters. The zero-order valence-corrected chi connectivity index (χ0v) is 19.0. The van der Waals surface area contributed by atoms with Crippen LogP contribution in [0.25, 0.3) is 11.3 Å². The summed E-state index contributed by atoms with van der Waals surface area (Å²) < 4.78 is 10.8. The highest BCUT2D eigenvalue weighted by Gasteiger charge is 2.21. The number of amides is 1. The van der Waals surface area contributed by atoms with Gasteiger partial charge in [0.2, 0.25) is 12.7 Å². The fourth-order valence-corrected chi connectivity index (χ4v) is 4.71. The Hall–Kier alpha value is -2.65. The molecular weight excluding hydrogens is 448 g/mol. The van der Waals surface area contributed by atoms with Gasteiger partial charge < -0.3 is 14.8 Å². The van der Waals surface area contributed by atoms with E-state index < -0.39 is 0 Å². The second-order valence-corrected chi connectivity index (χ2v) is 9.13. The number of fused-ring (bicyclic) bond motifs is 1. The number of piperazine rings is 1. The van der Waals surface area contributed by atoms with E-state index in [1.165, 1.54) is 16.9 Å². The molecule has 0 radical (unpaired) electrons. The monoisotopic (exact) mass is 470 g/mol. The summed E-state index contributed by atoms with van der Waals surface area (Å²) in [6.45, 7) is 5.07. The summed E-state index contributed by atoms with van der Waals surface area (Å²) >= 11 is 7.37. The molecule has 0 atom stereocenters. The van der Waals surface area contributed by atoms with Gasteiger partial charge in [-0.05, 0) is 29.8 Å². The van der Waals surface area contributed by atoms with Gasteiger partial charge in [-0.15, -0.1) is 11.3 Å². The first-order valence-corrected chi connectivity index (χ1v) is 11.7. The molecule has 1 amide bonds. The van der Waals surface area contributed by atoms with Crippen molar-refractivity contribution in [2.24, 2.45) is 0 Å². The van der Waals surface area contributed by atoms with E-state index in [9.17, 15) is 4.79 Å². The number of hydrogen-bond donors (Lipinski definition) is 1. The number of ether oxygens (including phenoxy) is 2. The number of nitrogens with one attached hydrogen (secondary N) is 1. The summed E-state index contributed by atoms with van der Waals surface area (Å²) in [6.07, 6.45) is 0. The molecule has 3 aromatic rings. The van der Waals surface area contributed by atoms with Crippen LogP contribution in [0.2, 0.25) is 5.02 Å². The number of aromatic nitrogens is 1. The van der Waals surface area contributed by atoms with Crippen LogP contribution in [0.4, 0.5) is 5.13 Å². The van der Waals surface area contributed by atoms with Gasteiger partial charge >= 0.3 is 0 Å². The maximum atomic E-state index is 12.5. The fraction of sp³-hybridized carbons (Fsp3) is 0.304. The highest BCUT2D eigenvalue weighted by Crippen LogP contribution is 2.33. The third-order valence-electron chi connectivity index (χ3n) is 5.57. The zero-order chi connectivity index (χ0) is 21.9. The first kappa shape index (κ1) is 21.2. The quantitative estimate of drug-likeness (QED) is 0.588. The average Bonchev–Trinajstić information content (AvgIpc) is 3.45. The van der Waals surface area contributed by atoms with Gasteiger partial charge in [0.05, 0.1) is 12.2 Å². The van der Waals surface area contributed by atoms with E-state index in [2.05, 4.69) is 32.2 Å². The first-order chi connectivity index (χ1) is 15.6. The third kappa shape index (κ3) is 5.05. The number of benzene rings is 2. The van der Waals surface area contributed by atoms with Gasteiger partial charge in [0.15, 0.2) is 16.6 Å². The number of rotatable bonds is 6. The number of anilines is 1. The SMILES string of the molecule is O=C(CN1CCN(Cc2ccc3c(c2)OCO3)CC1)Nc1nc(-c2ccc(Cl)cc2)cs1. The van der Waals surface area contributed by atoms with Crippen LogP contribution in [0.3, 0.4) is 0 Å². The summed E-state index contributed by atoms with van der Waals surface area (Å²) in [6, 6.07) is 13.6. The van der Waals surface area contributed by atoms with Crippen molar-refractivity contribution < 1.29 is 14.3 Å². The molecule has 3 heterocycles. The lowest BCUT2D eigenvalue weighted by atomic mass is 10.1. The maximum absolute atomic E-state index is 12.5. The Labute approximate surface area is 195 Å². The Balaban J connectivity index is 1.08. The van der Waals surface area contributed by atoms with Crippen LogP contribution in [0.5, 0.6) is 11.5 Å². The van der Waals surface area contributed by atoms with Crippen LogP contribution in [0.1, 0.15) is 5.56 Å². The van der Waals surface area contributed by atoms with Crippen molar-refractivity contribution in [3.63, 3.8) is 0 Å². The van der Waals surface area contributed by atoms with Gasteiger partial charge in [0.25, 0.3) is 0 Å². The second-order valence-electron chi connectivity index (χ2n) is 7.83. The molecule has 2 aromatic carbocycles. The molecular formula is C23H23ClN4O3S. The first-order valence-electron chi connectivity index (χ1n) is 10.5. The van der Waals surface area contributed by atoms with Crippen molar-refractivity contribution >= 4 is 34.0 Å². The van der Waals surface area contributed by atoms with Crippen molar-refractivity contribution in [1.29, 1.82) is 0 Å². The topological polar surface area (TPSA) is 66.9 Å². The standard InChI is InChI=1S/C23H23ClN4O3S/c24-18-4-2-17(3-5-18)19-14-32-23(25-19)26-22(29)13-28-9-7-27(8-10-28)12-16-1-6-20-21(11-16)31-15-30-20/h1-6,11,14H,7-10,12-13,15H2,(H,25,26,29). The number of carbonyl (C=O) groups is 1. The molecule has 1 N–H and O–H groups in total. The molecule has 9 heteroatoms. The van der Waals surface area contributed by atoms with Gasteiger partial charge in [0, 0.05) is 48.7 Å². The lowest BCUT2D eigenvalue weighted by molar-refractivity contribution is -0.117. The van der Waals surface area contributed by atoms with E-state index in [1.54, 1.807) is 0 Å². The van der Waals surface area contributed by atoms with E-state index in [1.807, 2.05) is 35.7 Å². The molecule has 2 aliphatic rings. The minimum absolute atomic E-state index is 0.0359. The predicted molar refractivity (Wildman–Crippen MR) is 125 cm³/mol. The van der Waals surface area contributed by atoms with Crippen LogP contribution in [0, 0.1) is 0 Å². The smallest absolute Gasteiger partial charge is 0.240 e. The van der Waals surface area contributed by atoms with Crippen LogP contribution in [-0.2, 0) is 11.3 Å². The fourth-order valence-electron chi connectivity index (χ4n) is 3.85. The minimum Gasteiger partial charge on any atom is -0.454 e. The molecule has 1 saturated heterocycles. The summed E-state index contributed by atoms with van der Waals surface area (Å²) in [4.78, 5) is 21.6. The largest absolute Gasteiger partial charge is 0.454 e. The highest BCUT2D eigenvalue weighted by atomic mass is 35.5. The summed E-state index contributed by atoms with van der Waals surface area (Å²) in [5, 5.41) is 6.17. The molecule has 32 heavy (non-hydrogen) atoms. The lowest BCUT2D eigenvalue weighted by Crippen LogP contribution is -2.48. The Morgan fingerprint density at radius 1 is 1.03 bits per heavy atom. The number of hydrogen-bond acceptors (Lipinski definition) is 7. The molecule has 1 aromatic heterocycles. The second kappa shape index (κ2) is 9.46. The maximum Gasteiger partial charge on any atom is 0.240 e. The van der Waals surface area contributed by atoms with Crippen molar-refractivity contribution in [3.8, 4) is 22.8 Å². The van der Waals surface area contributed by atoms with E-state index in [4.69, 9.17) is 21.1 Å². The molecule has 0 spiro atoms. The van der Waals surface area contributed by atoms with Crippen LogP contribution < -0.4 is 14.8 Å². The molecule has 166 valence electrons. The van der Waals surface area contributed by atoms with Crippen LogP contribution in [0.15, 0.2) is 47.8 Å². The summed E-state index contributed by atoms with van der Waals surface area (Å²) in [7, 11) is 0. The van der Waals surface area contributed by atoms with E-state index in [0.717, 1.165) is 55.5 Å². The number of thiazole rings is 1. The number of halogens is 1. The Kier molecular flexibility index (Phi) is 6.27. The zero-order valence-electron chi connectivity index (χ0n) is 17.4. The Morgan fingerprint density at radius 2 is 1.78 bits per heavy atom. The molecule has 2 aliphatic heterocycles. The van der Waals surface area contributed by atoms with Crippen molar-refractivity contribution in [1.82, 2.24) is 14.8 Å². The average molecular weight is 471 g/mol. The summed E-state index contributed by atoms with van der Waals surface area (Å²) in [5.74, 6) is 1.59. The van der Waals surface area contributed by atoms with Gasteiger partial charge in [-0.2, -0.15) is 0 Å². The van der Waals surface area contributed by atoms with Crippen LogP contribution >= 0.6 is 22.9 Å². The third-order valence-corrected chi connectivity index (χ3v) is 6.58. The van der Waals surface area contributed by atoms with Crippen molar-refractivity contribution in [3.05, 3.63) is 58.4 Å². The minimum atomic E-state index is -0.0359.